The molecule has 3 rings (SSSR count). The molecule has 106 valence electrons. The maximum Gasteiger partial charge on any atom is 0.223 e. The van der Waals surface area contributed by atoms with E-state index in [2.05, 4.69) is 10.3 Å². The molecule has 0 radical (unpaired) electrons. The SMILES string of the molecule is O=C(NCCn1c(CCl)nc2cc(F)ccc21)C1CC1. The normalized spacial score (nSPS) is 14.7. The van der Waals surface area contributed by atoms with Crippen LogP contribution in [0.15, 0.2) is 18.2 Å². The first-order chi connectivity index (χ1) is 9.69. The van der Waals surface area contributed by atoms with Crippen molar-refractivity contribution in [2.24, 2.45) is 5.92 Å². The number of halogens is 2. The molecule has 1 heterocycles. The van der Waals surface area contributed by atoms with Crippen LogP contribution in [0.2, 0.25) is 0 Å². The zero-order valence-corrected chi connectivity index (χ0v) is 11.7. The maximum absolute atomic E-state index is 13.2. The van der Waals surface area contributed by atoms with Crippen molar-refractivity contribution >= 4 is 28.5 Å². The van der Waals surface area contributed by atoms with Crippen molar-refractivity contribution in [2.75, 3.05) is 6.54 Å². The van der Waals surface area contributed by atoms with E-state index in [1.54, 1.807) is 6.07 Å². The Balaban J connectivity index is 1.76. The summed E-state index contributed by atoms with van der Waals surface area (Å²) in [6.45, 7) is 1.12. The number of rotatable bonds is 5. The Morgan fingerprint density at radius 2 is 2.30 bits per heavy atom. The first-order valence-electron chi connectivity index (χ1n) is 6.67. The predicted molar refractivity (Wildman–Crippen MR) is 75.0 cm³/mol. The summed E-state index contributed by atoms with van der Waals surface area (Å²) >= 11 is 5.88. The maximum atomic E-state index is 13.2. The van der Waals surface area contributed by atoms with Gasteiger partial charge in [0.25, 0.3) is 0 Å². The minimum absolute atomic E-state index is 0.118. The second-order valence-electron chi connectivity index (χ2n) is 5.01. The van der Waals surface area contributed by atoms with Gasteiger partial charge in [-0.2, -0.15) is 0 Å². The number of hydrogen-bond donors (Lipinski definition) is 1. The van der Waals surface area contributed by atoms with E-state index in [4.69, 9.17) is 11.6 Å². The van der Waals surface area contributed by atoms with E-state index >= 15 is 0 Å². The average molecular weight is 296 g/mol. The molecule has 0 bridgehead atoms. The third-order valence-corrected chi connectivity index (χ3v) is 3.73. The lowest BCUT2D eigenvalue weighted by Gasteiger charge is -2.09. The summed E-state index contributed by atoms with van der Waals surface area (Å²) in [5, 5.41) is 2.91. The van der Waals surface area contributed by atoms with Crippen LogP contribution in [-0.2, 0) is 17.2 Å². The van der Waals surface area contributed by atoms with Gasteiger partial charge in [-0.05, 0) is 25.0 Å². The molecule has 0 atom stereocenters. The van der Waals surface area contributed by atoms with Crippen LogP contribution in [0.4, 0.5) is 4.39 Å². The molecule has 0 spiro atoms. The van der Waals surface area contributed by atoms with Crippen molar-refractivity contribution in [1.29, 1.82) is 0 Å². The molecular weight excluding hydrogens is 281 g/mol. The third-order valence-electron chi connectivity index (χ3n) is 3.49. The summed E-state index contributed by atoms with van der Waals surface area (Å²) in [5.41, 5.74) is 1.43. The monoisotopic (exact) mass is 295 g/mol. The molecule has 1 saturated carbocycles. The molecule has 0 aliphatic heterocycles. The van der Waals surface area contributed by atoms with Crippen molar-refractivity contribution in [3.8, 4) is 0 Å². The van der Waals surface area contributed by atoms with Gasteiger partial charge in [-0.15, -0.1) is 11.6 Å². The van der Waals surface area contributed by atoms with Gasteiger partial charge < -0.3 is 9.88 Å². The van der Waals surface area contributed by atoms with Gasteiger partial charge in [0.2, 0.25) is 5.91 Å². The fourth-order valence-electron chi connectivity index (χ4n) is 2.29. The number of aromatic nitrogens is 2. The molecule has 1 aliphatic carbocycles. The van der Waals surface area contributed by atoms with E-state index in [0.29, 0.717) is 24.4 Å². The highest BCUT2D eigenvalue weighted by Crippen LogP contribution is 2.28. The second kappa shape index (κ2) is 5.40. The second-order valence-corrected chi connectivity index (χ2v) is 5.28. The molecule has 20 heavy (non-hydrogen) atoms. The zero-order valence-electron chi connectivity index (χ0n) is 10.9. The van der Waals surface area contributed by atoms with Crippen LogP contribution in [0.1, 0.15) is 18.7 Å². The van der Waals surface area contributed by atoms with Gasteiger partial charge in [0.1, 0.15) is 11.6 Å². The van der Waals surface area contributed by atoms with E-state index < -0.39 is 0 Å². The largest absolute Gasteiger partial charge is 0.354 e. The highest BCUT2D eigenvalue weighted by Gasteiger charge is 2.29. The lowest BCUT2D eigenvalue weighted by atomic mass is 10.3. The van der Waals surface area contributed by atoms with Crippen LogP contribution in [-0.4, -0.2) is 22.0 Å². The first-order valence-corrected chi connectivity index (χ1v) is 7.21. The van der Waals surface area contributed by atoms with E-state index in [-0.39, 0.29) is 23.5 Å². The van der Waals surface area contributed by atoms with Crippen molar-refractivity contribution in [3.63, 3.8) is 0 Å². The minimum atomic E-state index is -0.315. The van der Waals surface area contributed by atoms with Crippen LogP contribution in [0.5, 0.6) is 0 Å². The fourth-order valence-corrected chi connectivity index (χ4v) is 2.49. The third kappa shape index (κ3) is 2.63. The van der Waals surface area contributed by atoms with Crippen molar-refractivity contribution in [1.82, 2.24) is 14.9 Å². The minimum Gasteiger partial charge on any atom is -0.354 e. The first kappa shape index (κ1) is 13.4. The Morgan fingerprint density at radius 3 is 3.00 bits per heavy atom. The molecule has 0 saturated heterocycles. The van der Waals surface area contributed by atoms with Gasteiger partial charge in [0.05, 0.1) is 16.9 Å². The van der Waals surface area contributed by atoms with Crippen LogP contribution in [0.25, 0.3) is 11.0 Å². The van der Waals surface area contributed by atoms with Gasteiger partial charge in [-0.3, -0.25) is 4.79 Å². The highest BCUT2D eigenvalue weighted by molar-refractivity contribution is 6.16. The molecule has 1 amide bonds. The van der Waals surface area contributed by atoms with Crippen molar-refractivity contribution < 1.29 is 9.18 Å². The standard InChI is InChI=1S/C14H15ClFN3O/c15-8-13-18-11-7-10(16)3-4-12(11)19(13)6-5-17-14(20)9-1-2-9/h3-4,7,9H,1-2,5-6,8H2,(H,17,20). The van der Waals surface area contributed by atoms with Gasteiger partial charge in [-0.25, -0.2) is 9.37 Å². The summed E-state index contributed by atoms with van der Waals surface area (Å²) in [6, 6.07) is 4.49. The quantitative estimate of drug-likeness (QED) is 0.861. The van der Waals surface area contributed by atoms with Crippen molar-refractivity contribution in [3.05, 3.63) is 29.8 Å². The Bertz CT molecular complexity index is 651. The predicted octanol–water partition coefficient (Wildman–Crippen LogP) is 2.44. The number of nitrogens with one attached hydrogen (secondary N) is 1. The smallest absolute Gasteiger partial charge is 0.223 e. The van der Waals surface area contributed by atoms with Gasteiger partial charge >= 0.3 is 0 Å². The number of carbonyl (C=O) groups excluding carboxylic acids is 1. The molecule has 1 fully saturated rings. The van der Waals surface area contributed by atoms with Crippen LogP contribution < -0.4 is 5.32 Å². The highest BCUT2D eigenvalue weighted by atomic mass is 35.5. The Morgan fingerprint density at radius 1 is 1.50 bits per heavy atom. The number of carbonyl (C=O) groups is 1. The van der Waals surface area contributed by atoms with Crippen LogP contribution >= 0.6 is 11.6 Å². The number of amides is 1. The number of benzene rings is 1. The number of hydrogen-bond acceptors (Lipinski definition) is 2. The lowest BCUT2D eigenvalue weighted by molar-refractivity contribution is -0.122. The molecule has 4 nitrogen and oxygen atoms in total. The fraction of sp³-hybridized carbons (Fsp3) is 0.429. The number of imidazole rings is 1. The number of nitrogens with zero attached hydrogens (tertiary/aromatic N) is 2. The lowest BCUT2D eigenvalue weighted by Crippen LogP contribution is -2.28. The molecule has 1 aliphatic rings. The Hall–Kier alpha value is -1.62. The summed E-state index contributed by atoms with van der Waals surface area (Å²) in [5.74, 6) is 0.953. The number of alkyl halides is 1. The number of fused-ring (bicyclic) bond motifs is 1. The summed E-state index contributed by atoms with van der Waals surface area (Å²) in [6.07, 6.45) is 1.98. The van der Waals surface area contributed by atoms with E-state index in [0.717, 1.165) is 18.4 Å². The molecule has 0 unspecified atom stereocenters. The van der Waals surface area contributed by atoms with E-state index in [1.165, 1.54) is 12.1 Å². The Kier molecular flexibility index (Phi) is 3.61. The molecule has 6 heteroatoms. The van der Waals surface area contributed by atoms with Crippen LogP contribution in [0, 0.1) is 11.7 Å². The summed E-state index contributed by atoms with van der Waals surface area (Å²) in [4.78, 5) is 15.9. The van der Waals surface area contributed by atoms with Gasteiger partial charge in [-0.1, -0.05) is 0 Å². The molecule has 1 N–H and O–H groups in total. The Labute approximate surface area is 120 Å². The molecule has 1 aromatic heterocycles. The van der Waals surface area contributed by atoms with E-state index in [1.807, 2.05) is 4.57 Å². The van der Waals surface area contributed by atoms with Crippen molar-refractivity contribution in [2.45, 2.75) is 25.3 Å². The summed E-state index contributed by atoms with van der Waals surface area (Å²) < 4.78 is 15.1. The molecule has 2 aromatic rings. The molecular formula is C14H15ClFN3O. The van der Waals surface area contributed by atoms with Gasteiger partial charge in [0.15, 0.2) is 0 Å². The van der Waals surface area contributed by atoms with E-state index in [9.17, 15) is 9.18 Å². The van der Waals surface area contributed by atoms with Crippen LogP contribution in [0.3, 0.4) is 0 Å². The summed E-state index contributed by atoms with van der Waals surface area (Å²) in [7, 11) is 0. The topological polar surface area (TPSA) is 46.9 Å². The zero-order chi connectivity index (χ0) is 14.1. The van der Waals surface area contributed by atoms with Gasteiger partial charge in [0, 0.05) is 25.1 Å². The molecule has 1 aromatic carbocycles. The average Bonchev–Trinajstić information content (AvgIpc) is 3.22.